The first-order valence-corrected chi connectivity index (χ1v) is 5.25. The number of carboxylic acid groups (broad SMARTS) is 1. The molecule has 0 aromatic heterocycles. The van der Waals surface area contributed by atoms with E-state index in [-0.39, 0.29) is 13.0 Å². The second-order valence-corrected chi connectivity index (χ2v) is 4.21. The summed E-state index contributed by atoms with van der Waals surface area (Å²) in [4.78, 5) is 33.0. The minimum absolute atomic E-state index is 0.0738. The third-order valence-corrected chi connectivity index (χ3v) is 2.97. The van der Waals surface area contributed by atoms with E-state index in [1.807, 2.05) is 0 Å². The number of hydrogen-bond acceptors (Lipinski definition) is 3. The first-order valence-electron chi connectivity index (χ1n) is 5.25. The van der Waals surface area contributed by atoms with Gasteiger partial charge in [-0.2, -0.15) is 0 Å². The standard InChI is InChI=1S/C10H16N2O4/c11-7(13)6-12-8(14)5-10(9(15)16)3-1-2-4-10/h1-6H2,(H2,11,13)(H,12,14)(H,15,16). The Hall–Kier alpha value is -1.59. The summed E-state index contributed by atoms with van der Waals surface area (Å²) in [6.45, 7) is -0.242. The molecular formula is C10H16N2O4. The summed E-state index contributed by atoms with van der Waals surface area (Å²) in [5, 5.41) is 11.4. The SMILES string of the molecule is NC(=O)CNC(=O)CC1(C(=O)O)CCCC1. The largest absolute Gasteiger partial charge is 0.481 e. The van der Waals surface area contributed by atoms with Gasteiger partial charge in [0.2, 0.25) is 11.8 Å². The summed E-state index contributed by atoms with van der Waals surface area (Å²) in [6, 6.07) is 0. The van der Waals surface area contributed by atoms with Crippen molar-refractivity contribution >= 4 is 17.8 Å². The van der Waals surface area contributed by atoms with Crippen molar-refractivity contribution in [2.24, 2.45) is 11.1 Å². The highest BCUT2D eigenvalue weighted by atomic mass is 16.4. The summed E-state index contributed by atoms with van der Waals surface area (Å²) >= 11 is 0. The highest BCUT2D eigenvalue weighted by molar-refractivity contribution is 5.87. The molecule has 0 radical (unpaired) electrons. The molecule has 1 aliphatic carbocycles. The van der Waals surface area contributed by atoms with Gasteiger partial charge in [-0.25, -0.2) is 0 Å². The number of rotatable bonds is 5. The van der Waals surface area contributed by atoms with Crippen molar-refractivity contribution in [3.8, 4) is 0 Å². The van der Waals surface area contributed by atoms with Crippen LogP contribution in [0.5, 0.6) is 0 Å². The highest BCUT2D eigenvalue weighted by Gasteiger charge is 2.42. The minimum Gasteiger partial charge on any atom is -0.481 e. The Bertz CT molecular complexity index is 308. The number of carbonyl (C=O) groups excluding carboxylic acids is 2. The molecule has 0 aliphatic heterocycles. The zero-order chi connectivity index (χ0) is 12.2. The Labute approximate surface area is 93.2 Å². The summed E-state index contributed by atoms with van der Waals surface area (Å²) in [5.41, 5.74) is 3.93. The molecule has 0 unspecified atom stereocenters. The lowest BCUT2D eigenvalue weighted by molar-refractivity contribution is -0.151. The van der Waals surface area contributed by atoms with Crippen LogP contribution in [0.1, 0.15) is 32.1 Å². The van der Waals surface area contributed by atoms with E-state index >= 15 is 0 Å². The number of carboxylic acids is 1. The Kier molecular flexibility index (Phi) is 3.87. The van der Waals surface area contributed by atoms with Gasteiger partial charge >= 0.3 is 5.97 Å². The van der Waals surface area contributed by atoms with Crippen LogP contribution >= 0.6 is 0 Å². The quantitative estimate of drug-likeness (QED) is 0.596. The molecule has 0 bridgehead atoms. The van der Waals surface area contributed by atoms with Gasteiger partial charge in [0.15, 0.2) is 0 Å². The molecule has 1 aliphatic rings. The van der Waals surface area contributed by atoms with Crippen LogP contribution in [0, 0.1) is 5.41 Å². The van der Waals surface area contributed by atoms with Gasteiger partial charge < -0.3 is 16.2 Å². The summed E-state index contributed by atoms with van der Waals surface area (Å²) < 4.78 is 0. The van der Waals surface area contributed by atoms with E-state index in [0.29, 0.717) is 12.8 Å². The van der Waals surface area contributed by atoms with Crippen molar-refractivity contribution in [3.63, 3.8) is 0 Å². The zero-order valence-corrected chi connectivity index (χ0v) is 8.99. The monoisotopic (exact) mass is 228 g/mol. The molecule has 0 aromatic rings. The molecule has 0 aromatic carbocycles. The predicted octanol–water partition coefficient (Wildman–Crippen LogP) is -0.377. The van der Waals surface area contributed by atoms with Crippen LogP contribution in [-0.2, 0) is 14.4 Å². The van der Waals surface area contributed by atoms with Gasteiger partial charge in [-0.3, -0.25) is 14.4 Å². The molecule has 4 N–H and O–H groups in total. The van der Waals surface area contributed by atoms with Gasteiger partial charge in [-0.1, -0.05) is 12.8 Å². The summed E-state index contributed by atoms with van der Waals surface area (Å²) in [7, 11) is 0. The molecule has 2 amide bonds. The molecule has 16 heavy (non-hydrogen) atoms. The molecular weight excluding hydrogens is 212 g/mol. The molecule has 0 saturated heterocycles. The van der Waals surface area contributed by atoms with Crippen LogP contribution in [0.4, 0.5) is 0 Å². The predicted molar refractivity (Wildman–Crippen MR) is 55.4 cm³/mol. The van der Waals surface area contributed by atoms with Gasteiger partial charge in [0.05, 0.1) is 12.0 Å². The number of aliphatic carboxylic acids is 1. The lowest BCUT2D eigenvalue weighted by Gasteiger charge is -2.22. The lowest BCUT2D eigenvalue weighted by Crippen LogP contribution is -2.39. The Morgan fingerprint density at radius 3 is 2.25 bits per heavy atom. The fourth-order valence-corrected chi connectivity index (χ4v) is 2.07. The molecule has 1 saturated carbocycles. The van der Waals surface area contributed by atoms with Gasteiger partial charge in [-0.05, 0) is 12.8 Å². The molecule has 0 heterocycles. The zero-order valence-electron chi connectivity index (χ0n) is 8.99. The van der Waals surface area contributed by atoms with E-state index in [4.69, 9.17) is 10.8 Å². The number of carbonyl (C=O) groups is 3. The van der Waals surface area contributed by atoms with Gasteiger partial charge in [0.1, 0.15) is 0 Å². The summed E-state index contributed by atoms with van der Waals surface area (Å²) in [5.74, 6) is -1.99. The van der Waals surface area contributed by atoms with Gasteiger partial charge in [0, 0.05) is 6.42 Å². The number of primary amides is 1. The average Bonchev–Trinajstić information content (AvgIpc) is 2.64. The molecule has 90 valence electrons. The number of hydrogen-bond donors (Lipinski definition) is 3. The van der Waals surface area contributed by atoms with Gasteiger partial charge in [0.25, 0.3) is 0 Å². The van der Waals surface area contributed by atoms with Crippen LogP contribution in [0.25, 0.3) is 0 Å². The van der Waals surface area contributed by atoms with E-state index in [1.165, 1.54) is 0 Å². The third kappa shape index (κ3) is 2.95. The smallest absolute Gasteiger partial charge is 0.310 e. The maximum atomic E-state index is 11.4. The first-order chi connectivity index (χ1) is 7.46. The van der Waals surface area contributed by atoms with E-state index in [1.54, 1.807) is 0 Å². The van der Waals surface area contributed by atoms with Crippen molar-refractivity contribution in [3.05, 3.63) is 0 Å². The van der Waals surface area contributed by atoms with Crippen molar-refractivity contribution < 1.29 is 19.5 Å². The molecule has 6 nitrogen and oxygen atoms in total. The topological polar surface area (TPSA) is 109 Å². The van der Waals surface area contributed by atoms with Crippen LogP contribution < -0.4 is 11.1 Å². The molecule has 0 atom stereocenters. The van der Waals surface area contributed by atoms with Gasteiger partial charge in [-0.15, -0.1) is 0 Å². The van der Waals surface area contributed by atoms with Crippen molar-refractivity contribution in [1.29, 1.82) is 0 Å². The Morgan fingerprint density at radius 1 is 1.25 bits per heavy atom. The average molecular weight is 228 g/mol. The fourth-order valence-electron chi connectivity index (χ4n) is 2.07. The highest BCUT2D eigenvalue weighted by Crippen LogP contribution is 2.41. The minimum atomic E-state index is -0.943. The maximum absolute atomic E-state index is 11.4. The second-order valence-electron chi connectivity index (χ2n) is 4.21. The number of nitrogens with two attached hydrogens (primary N) is 1. The molecule has 0 spiro atoms. The lowest BCUT2D eigenvalue weighted by atomic mass is 9.82. The number of amides is 2. The van der Waals surface area contributed by atoms with E-state index < -0.39 is 23.2 Å². The van der Waals surface area contributed by atoms with Crippen LogP contribution in [-0.4, -0.2) is 29.4 Å². The fraction of sp³-hybridized carbons (Fsp3) is 0.700. The van der Waals surface area contributed by atoms with Crippen LogP contribution in [0.2, 0.25) is 0 Å². The van der Waals surface area contributed by atoms with Crippen LogP contribution in [0.15, 0.2) is 0 Å². The maximum Gasteiger partial charge on any atom is 0.310 e. The number of nitrogens with one attached hydrogen (secondary N) is 1. The molecule has 6 heteroatoms. The second kappa shape index (κ2) is 4.96. The van der Waals surface area contributed by atoms with Crippen molar-refractivity contribution in [2.75, 3.05) is 6.54 Å². The molecule has 1 rings (SSSR count). The summed E-state index contributed by atoms with van der Waals surface area (Å²) in [6.07, 6.45) is 2.62. The Morgan fingerprint density at radius 2 is 1.81 bits per heavy atom. The van der Waals surface area contributed by atoms with Crippen molar-refractivity contribution in [1.82, 2.24) is 5.32 Å². The van der Waals surface area contributed by atoms with E-state index in [2.05, 4.69) is 5.32 Å². The van der Waals surface area contributed by atoms with Crippen molar-refractivity contribution in [2.45, 2.75) is 32.1 Å². The van der Waals surface area contributed by atoms with E-state index in [0.717, 1.165) is 12.8 Å². The van der Waals surface area contributed by atoms with Crippen LogP contribution in [0.3, 0.4) is 0 Å². The Balaban J connectivity index is 2.52. The van der Waals surface area contributed by atoms with E-state index in [9.17, 15) is 14.4 Å². The normalized spacial score (nSPS) is 18.0. The first kappa shape index (κ1) is 12.5. The third-order valence-electron chi connectivity index (χ3n) is 2.97. The molecule has 1 fully saturated rings.